The van der Waals surface area contributed by atoms with E-state index in [0.29, 0.717) is 5.56 Å². The average Bonchev–Trinajstić information content (AvgIpc) is 3.30. The summed E-state index contributed by atoms with van der Waals surface area (Å²) in [5, 5.41) is 9.49. The van der Waals surface area contributed by atoms with Crippen molar-refractivity contribution in [2.24, 2.45) is 0 Å². The molecule has 0 aliphatic heterocycles. The van der Waals surface area contributed by atoms with Gasteiger partial charge in [-0.25, -0.2) is 4.79 Å². The summed E-state index contributed by atoms with van der Waals surface area (Å²) in [6.07, 6.45) is 4.71. The molecule has 5 nitrogen and oxygen atoms in total. The standard InChI is InChI=1S/C25H28N2O3/c1-5-11-27-16(2)12-22(17(27)3)14-23(15-26)25(29)30-18(4)24(28)21-10-9-19-7-6-8-20(19)13-21/h9-10,12-14,18H,5-8,11H2,1-4H3/b23-14+/t18-/m0/s1. The van der Waals surface area contributed by atoms with Crippen LogP contribution in [0.2, 0.25) is 0 Å². The Balaban J connectivity index is 1.75. The van der Waals surface area contributed by atoms with Crippen LogP contribution in [0, 0.1) is 25.2 Å². The Morgan fingerprint density at radius 3 is 2.67 bits per heavy atom. The molecular weight excluding hydrogens is 376 g/mol. The fraction of sp³-hybridized carbons (Fsp3) is 0.400. The topological polar surface area (TPSA) is 72.1 Å². The molecule has 5 heteroatoms. The number of hydrogen-bond donors (Lipinski definition) is 0. The maximum absolute atomic E-state index is 12.7. The number of ketones is 1. The van der Waals surface area contributed by atoms with Crippen LogP contribution in [0.4, 0.5) is 0 Å². The fourth-order valence-electron chi connectivity index (χ4n) is 4.07. The number of Topliss-reactive ketones (excluding diaryl/α,β-unsaturated/α-hetero) is 1. The van der Waals surface area contributed by atoms with Crippen molar-refractivity contribution in [3.63, 3.8) is 0 Å². The minimum absolute atomic E-state index is 0.111. The molecule has 0 saturated carbocycles. The molecule has 0 unspecified atom stereocenters. The van der Waals surface area contributed by atoms with Crippen LogP contribution in [-0.4, -0.2) is 22.4 Å². The van der Waals surface area contributed by atoms with Crippen LogP contribution >= 0.6 is 0 Å². The highest BCUT2D eigenvalue weighted by Crippen LogP contribution is 2.24. The summed E-state index contributed by atoms with van der Waals surface area (Å²) in [5.74, 6) is -1.03. The number of benzene rings is 1. The molecule has 0 N–H and O–H groups in total. The van der Waals surface area contributed by atoms with Crippen LogP contribution in [0.15, 0.2) is 29.8 Å². The molecule has 2 aromatic rings. The van der Waals surface area contributed by atoms with Gasteiger partial charge in [0.05, 0.1) is 0 Å². The van der Waals surface area contributed by atoms with Crippen molar-refractivity contribution in [1.82, 2.24) is 4.57 Å². The molecule has 1 heterocycles. The average molecular weight is 405 g/mol. The molecule has 0 fully saturated rings. The van der Waals surface area contributed by atoms with Gasteiger partial charge >= 0.3 is 5.97 Å². The summed E-state index contributed by atoms with van der Waals surface area (Å²) >= 11 is 0. The van der Waals surface area contributed by atoms with Gasteiger partial charge in [0.15, 0.2) is 6.10 Å². The third-order valence-corrected chi connectivity index (χ3v) is 5.74. The van der Waals surface area contributed by atoms with Gasteiger partial charge in [0.1, 0.15) is 11.6 Å². The highest BCUT2D eigenvalue weighted by atomic mass is 16.5. The lowest BCUT2D eigenvalue weighted by Crippen LogP contribution is -2.25. The largest absolute Gasteiger partial charge is 0.450 e. The summed E-state index contributed by atoms with van der Waals surface area (Å²) in [6.45, 7) is 8.50. The van der Waals surface area contributed by atoms with E-state index in [1.807, 2.05) is 38.1 Å². The summed E-state index contributed by atoms with van der Waals surface area (Å²) in [4.78, 5) is 25.3. The van der Waals surface area contributed by atoms with Crippen LogP contribution < -0.4 is 0 Å². The first-order valence-electron chi connectivity index (χ1n) is 10.5. The number of rotatable bonds is 7. The second-order valence-electron chi connectivity index (χ2n) is 7.90. The summed E-state index contributed by atoms with van der Waals surface area (Å²) in [6, 6.07) is 9.55. The van der Waals surface area contributed by atoms with Crippen molar-refractivity contribution in [3.8, 4) is 6.07 Å². The van der Waals surface area contributed by atoms with Gasteiger partial charge in [0, 0.05) is 23.5 Å². The minimum Gasteiger partial charge on any atom is -0.450 e. The maximum Gasteiger partial charge on any atom is 0.349 e. The summed E-state index contributed by atoms with van der Waals surface area (Å²) < 4.78 is 7.51. The van der Waals surface area contributed by atoms with Crippen LogP contribution in [0.5, 0.6) is 0 Å². The zero-order chi connectivity index (χ0) is 21.8. The van der Waals surface area contributed by atoms with Gasteiger partial charge < -0.3 is 9.30 Å². The Bertz CT molecular complexity index is 1050. The predicted octanol–water partition coefficient (Wildman–Crippen LogP) is 4.73. The highest BCUT2D eigenvalue weighted by Gasteiger charge is 2.23. The van der Waals surface area contributed by atoms with Crippen molar-refractivity contribution >= 4 is 17.8 Å². The van der Waals surface area contributed by atoms with Gasteiger partial charge in [-0.2, -0.15) is 5.26 Å². The smallest absolute Gasteiger partial charge is 0.349 e. The Morgan fingerprint density at radius 2 is 1.97 bits per heavy atom. The number of fused-ring (bicyclic) bond motifs is 1. The van der Waals surface area contributed by atoms with Gasteiger partial charge in [-0.1, -0.05) is 19.1 Å². The van der Waals surface area contributed by atoms with Gasteiger partial charge in [-0.3, -0.25) is 4.79 Å². The van der Waals surface area contributed by atoms with E-state index in [1.165, 1.54) is 11.1 Å². The molecule has 1 aliphatic carbocycles. The molecule has 0 radical (unpaired) electrons. The lowest BCUT2D eigenvalue weighted by Gasteiger charge is -2.13. The number of aromatic nitrogens is 1. The Hall–Kier alpha value is -3.13. The van der Waals surface area contributed by atoms with E-state index in [0.717, 1.165) is 49.2 Å². The first-order valence-corrected chi connectivity index (χ1v) is 10.5. The first kappa shape index (κ1) is 21.6. The molecule has 0 saturated heterocycles. The van der Waals surface area contributed by atoms with Gasteiger partial charge in [0.2, 0.25) is 5.78 Å². The molecule has 0 spiro atoms. The highest BCUT2D eigenvalue weighted by molar-refractivity contribution is 6.03. The third kappa shape index (κ3) is 4.38. The van der Waals surface area contributed by atoms with Crippen molar-refractivity contribution in [2.45, 2.75) is 66.0 Å². The molecule has 0 amide bonds. The lowest BCUT2D eigenvalue weighted by molar-refractivity contribution is -0.141. The number of carbonyl (C=O) groups excluding carboxylic acids is 2. The van der Waals surface area contributed by atoms with Crippen LogP contribution in [0.1, 0.15) is 65.1 Å². The SMILES string of the molecule is CCCn1c(C)cc(/C=C(\C#N)C(=O)O[C@@H](C)C(=O)c2ccc3c(c2)CCC3)c1C. The lowest BCUT2D eigenvalue weighted by atomic mass is 10.0. The van der Waals surface area contributed by atoms with Crippen molar-refractivity contribution < 1.29 is 14.3 Å². The van der Waals surface area contributed by atoms with Crippen molar-refractivity contribution in [2.75, 3.05) is 0 Å². The van der Waals surface area contributed by atoms with E-state index in [2.05, 4.69) is 11.5 Å². The molecule has 30 heavy (non-hydrogen) atoms. The molecule has 156 valence electrons. The number of hydrogen-bond acceptors (Lipinski definition) is 4. The van der Waals surface area contributed by atoms with Crippen molar-refractivity contribution in [1.29, 1.82) is 5.26 Å². The second-order valence-corrected chi connectivity index (χ2v) is 7.90. The minimum atomic E-state index is -0.957. The maximum atomic E-state index is 12.7. The van der Waals surface area contributed by atoms with E-state index in [9.17, 15) is 14.9 Å². The van der Waals surface area contributed by atoms with Crippen LogP contribution in [-0.2, 0) is 28.9 Å². The number of esters is 1. The van der Waals surface area contributed by atoms with Gasteiger partial charge in [-0.15, -0.1) is 0 Å². The Morgan fingerprint density at radius 1 is 1.23 bits per heavy atom. The molecule has 0 bridgehead atoms. The molecular formula is C25H28N2O3. The van der Waals surface area contributed by atoms with Crippen LogP contribution in [0.25, 0.3) is 6.08 Å². The third-order valence-electron chi connectivity index (χ3n) is 5.74. The fourth-order valence-corrected chi connectivity index (χ4v) is 4.07. The number of carbonyl (C=O) groups is 2. The monoisotopic (exact) mass is 404 g/mol. The number of aryl methyl sites for hydroxylation is 3. The molecule has 3 rings (SSSR count). The number of nitriles is 1. The van der Waals surface area contributed by atoms with E-state index in [1.54, 1.807) is 19.1 Å². The normalized spacial score (nSPS) is 14.2. The Kier molecular flexibility index (Phi) is 6.56. The number of nitrogens with zero attached hydrogens (tertiary/aromatic N) is 2. The van der Waals surface area contributed by atoms with Gasteiger partial charge in [0.25, 0.3) is 0 Å². The first-order chi connectivity index (χ1) is 14.3. The van der Waals surface area contributed by atoms with E-state index >= 15 is 0 Å². The number of ether oxygens (including phenoxy) is 1. The Labute approximate surface area is 178 Å². The van der Waals surface area contributed by atoms with E-state index in [-0.39, 0.29) is 11.4 Å². The molecule has 1 atom stereocenters. The van der Waals surface area contributed by atoms with E-state index in [4.69, 9.17) is 4.74 Å². The van der Waals surface area contributed by atoms with Gasteiger partial charge in [-0.05, 0) is 81.4 Å². The zero-order valence-electron chi connectivity index (χ0n) is 18.1. The zero-order valence-corrected chi connectivity index (χ0v) is 18.1. The second kappa shape index (κ2) is 9.13. The molecule has 1 aromatic heterocycles. The predicted molar refractivity (Wildman–Crippen MR) is 116 cm³/mol. The quantitative estimate of drug-likeness (QED) is 0.290. The summed E-state index contributed by atoms with van der Waals surface area (Å²) in [7, 11) is 0. The van der Waals surface area contributed by atoms with E-state index < -0.39 is 12.1 Å². The summed E-state index contributed by atoms with van der Waals surface area (Å²) in [5.41, 5.74) is 5.79. The molecule has 1 aromatic carbocycles. The van der Waals surface area contributed by atoms with Crippen LogP contribution in [0.3, 0.4) is 0 Å². The van der Waals surface area contributed by atoms with Crippen molar-refractivity contribution in [3.05, 3.63) is 63.5 Å². The molecule has 1 aliphatic rings.